The molecule has 0 aliphatic carbocycles. The van der Waals surface area contributed by atoms with Crippen molar-refractivity contribution in [1.29, 1.82) is 0 Å². The maximum atomic E-state index is 11.2. The highest BCUT2D eigenvalue weighted by molar-refractivity contribution is 6.42. The molecule has 19 heavy (non-hydrogen) atoms. The first-order chi connectivity index (χ1) is 8.90. The van der Waals surface area contributed by atoms with E-state index in [9.17, 15) is 4.79 Å². The van der Waals surface area contributed by atoms with E-state index in [1.807, 2.05) is 13.8 Å². The molecular weight excluding hydrogens is 287 g/mol. The van der Waals surface area contributed by atoms with Gasteiger partial charge in [0.1, 0.15) is 5.69 Å². The molecule has 1 aromatic carbocycles. The quantitative estimate of drug-likeness (QED) is 0.926. The number of aromatic nitrogens is 2. The molecule has 0 spiro atoms. The first kappa shape index (κ1) is 13.9. The van der Waals surface area contributed by atoms with Gasteiger partial charge in [-0.2, -0.15) is 5.10 Å². The second-order valence-electron chi connectivity index (χ2n) is 4.39. The normalized spacial score (nSPS) is 11.0. The Morgan fingerprint density at radius 3 is 2.42 bits per heavy atom. The van der Waals surface area contributed by atoms with Crippen molar-refractivity contribution in [2.45, 2.75) is 19.9 Å². The van der Waals surface area contributed by atoms with E-state index < -0.39 is 5.97 Å². The Kier molecular flexibility index (Phi) is 3.83. The van der Waals surface area contributed by atoms with E-state index in [2.05, 4.69) is 5.10 Å². The van der Waals surface area contributed by atoms with Crippen LogP contribution in [0, 0.1) is 0 Å². The molecule has 1 aromatic heterocycles. The molecule has 1 N–H and O–H groups in total. The van der Waals surface area contributed by atoms with Gasteiger partial charge in [0.25, 0.3) is 0 Å². The minimum atomic E-state index is -1.01. The third kappa shape index (κ3) is 2.74. The fourth-order valence-corrected chi connectivity index (χ4v) is 2.04. The van der Waals surface area contributed by atoms with Crippen molar-refractivity contribution in [2.24, 2.45) is 0 Å². The number of halogens is 2. The van der Waals surface area contributed by atoms with Crippen molar-refractivity contribution < 1.29 is 9.90 Å². The molecule has 0 aliphatic heterocycles. The van der Waals surface area contributed by atoms with Gasteiger partial charge < -0.3 is 5.11 Å². The number of carbonyl (C=O) groups is 1. The largest absolute Gasteiger partial charge is 0.477 e. The minimum Gasteiger partial charge on any atom is -0.477 e. The lowest BCUT2D eigenvalue weighted by molar-refractivity contribution is 0.0681. The summed E-state index contributed by atoms with van der Waals surface area (Å²) in [6.45, 7) is 3.75. The minimum absolute atomic E-state index is 0.0392. The van der Waals surface area contributed by atoms with Crippen LogP contribution < -0.4 is 0 Å². The zero-order valence-electron chi connectivity index (χ0n) is 10.4. The van der Waals surface area contributed by atoms with Crippen LogP contribution in [0.15, 0.2) is 24.3 Å². The van der Waals surface area contributed by atoms with Gasteiger partial charge in [-0.15, -0.1) is 0 Å². The van der Waals surface area contributed by atoms with E-state index in [1.165, 1.54) is 10.7 Å². The molecule has 0 fully saturated rings. The van der Waals surface area contributed by atoms with Gasteiger partial charge in [0, 0.05) is 11.6 Å². The second kappa shape index (κ2) is 5.23. The molecule has 0 saturated heterocycles. The van der Waals surface area contributed by atoms with E-state index in [0.29, 0.717) is 15.7 Å². The van der Waals surface area contributed by atoms with Crippen LogP contribution in [-0.4, -0.2) is 20.9 Å². The summed E-state index contributed by atoms with van der Waals surface area (Å²) in [5.74, 6) is -1.01. The number of nitrogens with zero attached hydrogens (tertiary/aromatic N) is 2. The summed E-state index contributed by atoms with van der Waals surface area (Å²) in [5, 5.41) is 14.3. The number of hydrogen-bond donors (Lipinski definition) is 1. The molecular formula is C13H12Cl2N2O2. The molecule has 1 heterocycles. The van der Waals surface area contributed by atoms with Crippen LogP contribution in [-0.2, 0) is 0 Å². The van der Waals surface area contributed by atoms with Gasteiger partial charge >= 0.3 is 5.97 Å². The first-order valence-electron chi connectivity index (χ1n) is 5.68. The van der Waals surface area contributed by atoms with Crippen molar-refractivity contribution >= 4 is 29.2 Å². The van der Waals surface area contributed by atoms with E-state index in [0.717, 1.165) is 5.56 Å². The Labute approximate surface area is 120 Å². The summed E-state index contributed by atoms with van der Waals surface area (Å²) in [4.78, 5) is 11.2. The molecule has 0 bridgehead atoms. The molecule has 0 aliphatic rings. The van der Waals surface area contributed by atoms with Gasteiger partial charge in [-0.3, -0.25) is 4.68 Å². The maximum Gasteiger partial charge on any atom is 0.354 e. The van der Waals surface area contributed by atoms with E-state index in [1.54, 1.807) is 18.2 Å². The smallest absolute Gasteiger partial charge is 0.354 e. The van der Waals surface area contributed by atoms with Crippen LogP contribution in [0.4, 0.5) is 0 Å². The summed E-state index contributed by atoms with van der Waals surface area (Å²) in [7, 11) is 0. The van der Waals surface area contributed by atoms with Crippen LogP contribution in [0.1, 0.15) is 30.4 Å². The van der Waals surface area contributed by atoms with E-state index in [-0.39, 0.29) is 11.7 Å². The van der Waals surface area contributed by atoms with Gasteiger partial charge in [0.15, 0.2) is 0 Å². The highest BCUT2D eigenvalue weighted by atomic mass is 35.5. The Hall–Kier alpha value is -1.52. The zero-order chi connectivity index (χ0) is 14.2. The highest BCUT2D eigenvalue weighted by Gasteiger charge is 2.17. The molecule has 2 rings (SSSR count). The maximum absolute atomic E-state index is 11.2. The molecule has 6 heteroatoms. The Morgan fingerprint density at radius 1 is 1.26 bits per heavy atom. The average molecular weight is 299 g/mol. The summed E-state index contributed by atoms with van der Waals surface area (Å²) >= 11 is 11.8. The lowest BCUT2D eigenvalue weighted by Gasteiger charge is -2.07. The number of carboxylic acids is 1. The highest BCUT2D eigenvalue weighted by Crippen LogP contribution is 2.28. The lowest BCUT2D eigenvalue weighted by Crippen LogP contribution is -2.11. The molecule has 0 amide bonds. The van der Waals surface area contributed by atoms with Gasteiger partial charge in [-0.1, -0.05) is 29.3 Å². The summed E-state index contributed by atoms with van der Waals surface area (Å²) in [6.07, 6.45) is 0. The third-order valence-electron chi connectivity index (χ3n) is 2.66. The Balaban J connectivity index is 2.54. The molecule has 0 unspecified atom stereocenters. The van der Waals surface area contributed by atoms with Crippen molar-refractivity contribution in [3.63, 3.8) is 0 Å². The molecule has 0 radical (unpaired) electrons. The summed E-state index contributed by atoms with van der Waals surface area (Å²) < 4.78 is 1.47. The topological polar surface area (TPSA) is 55.1 Å². The number of carboxylic acid groups (broad SMARTS) is 1. The average Bonchev–Trinajstić information content (AvgIpc) is 2.78. The van der Waals surface area contributed by atoms with Gasteiger partial charge in [0.05, 0.1) is 15.7 Å². The van der Waals surface area contributed by atoms with Gasteiger partial charge in [-0.25, -0.2) is 4.79 Å². The lowest BCUT2D eigenvalue weighted by atomic mass is 10.1. The van der Waals surface area contributed by atoms with Crippen molar-refractivity contribution in [2.75, 3.05) is 0 Å². The molecule has 100 valence electrons. The SMILES string of the molecule is CC(C)n1nc(-c2ccc(Cl)c(Cl)c2)cc1C(=O)O. The van der Waals surface area contributed by atoms with Crippen LogP contribution in [0.5, 0.6) is 0 Å². The Morgan fingerprint density at radius 2 is 1.95 bits per heavy atom. The molecule has 2 aromatic rings. The fourth-order valence-electron chi connectivity index (χ4n) is 1.74. The Bertz CT molecular complexity index is 636. The first-order valence-corrected chi connectivity index (χ1v) is 6.44. The predicted molar refractivity (Wildman–Crippen MR) is 75.0 cm³/mol. The molecule has 0 saturated carbocycles. The molecule has 4 nitrogen and oxygen atoms in total. The van der Waals surface area contributed by atoms with Gasteiger partial charge in [0.2, 0.25) is 0 Å². The summed E-state index contributed by atoms with van der Waals surface area (Å²) in [6, 6.07) is 6.58. The van der Waals surface area contributed by atoms with Crippen LogP contribution in [0.2, 0.25) is 10.0 Å². The monoisotopic (exact) mass is 298 g/mol. The number of benzene rings is 1. The fraction of sp³-hybridized carbons (Fsp3) is 0.231. The van der Waals surface area contributed by atoms with Crippen LogP contribution in [0.25, 0.3) is 11.3 Å². The third-order valence-corrected chi connectivity index (χ3v) is 3.40. The van der Waals surface area contributed by atoms with Crippen molar-refractivity contribution in [1.82, 2.24) is 9.78 Å². The van der Waals surface area contributed by atoms with Crippen LogP contribution in [0.3, 0.4) is 0 Å². The second-order valence-corrected chi connectivity index (χ2v) is 5.20. The van der Waals surface area contributed by atoms with E-state index >= 15 is 0 Å². The van der Waals surface area contributed by atoms with Crippen LogP contribution >= 0.6 is 23.2 Å². The molecule has 0 atom stereocenters. The summed E-state index contributed by atoms with van der Waals surface area (Å²) in [5.41, 5.74) is 1.44. The number of aromatic carboxylic acids is 1. The van der Waals surface area contributed by atoms with Crippen molar-refractivity contribution in [3.05, 3.63) is 40.0 Å². The number of hydrogen-bond acceptors (Lipinski definition) is 2. The zero-order valence-corrected chi connectivity index (χ0v) is 11.9. The standard InChI is InChI=1S/C13H12Cl2N2O2/c1-7(2)17-12(13(18)19)6-11(16-17)8-3-4-9(14)10(15)5-8/h3-7H,1-2H3,(H,18,19). The number of rotatable bonds is 3. The van der Waals surface area contributed by atoms with Gasteiger partial charge in [-0.05, 0) is 32.0 Å². The predicted octanol–water partition coefficient (Wildman–Crippen LogP) is 4.14. The van der Waals surface area contributed by atoms with Crippen molar-refractivity contribution in [3.8, 4) is 11.3 Å². The van der Waals surface area contributed by atoms with E-state index in [4.69, 9.17) is 28.3 Å².